The second kappa shape index (κ2) is 8.27. The Labute approximate surface area is 149 Å². The molecule has 1 aromatic carbocycles. The Morgan fingerprint density at radius 2 is 1.92 bits per heavy atom. The SMILES string of the molecule is Cc1c(-c2ccccc2)n[nH]c1C(=O)NCCCN1CCN(C)CC1. The summed E-state index contributed by atoms with van der Waals surface area (Å²) in [5.74, 6) is -0.0782. The molecule has 0 atom stereocenters. The molecule has 6 nitrogen and oxygen atoms in total. The predicted octanol–water partition coefficient (Wildman–Crippen LogP) is 1.75. The van der Waals surface area contributed by atoms with Crippen LogP contribution < -0.4 is 5.32 Å². The fraction of sp³-hybridized carbons (Fsp3) is 0.474. The van der Waals surface area contributed by atoms with Gasteiger partial charge in [0.05, 0.1) is 5.69 Å². The molecule has 6 heteroatoms. The van der Waals surface area contributed by atoms with Crippen LogP contribution in [0.3, 0.4) is 0 Å². The highest BCUT2D eigenvalue weighted by molar-refractivity contribution is 5.95. The molecule has 0 aliphatic carbocycles. The maximum absolute atomic E-state index is 12.4. The molecule has 1 amide bonds. The number of carbonyl (C=O) groups excluding carboxylic acids is 1. The summed E-state index contributed by atoms with van der Waals surface area (Å²) >= 11 is 0. The summed E-state index contributed by atoms with van der Waals surface area (Å²) in [7, 11) is 2.16. The molecule has 2 aromatic rings. The average Bonchev–Trinajstić information content (AvgIpc) is 3.02. The lowest BCUT2D eigenvalue weighted by atomic mass is 10.1. The Balaban J connectivity index is 1.48. The van der Waals surface area contributed by atoms with Gasteiger partial charge in [-0.05, 0) is 26.9 Å². The Morgan fingerprint density at radius 3 is 2.64 bits per heavy atom. The lowest BCUT2D eigenvalue weighted by Gasteiger charge is -2.32. The number of aromatic nitrogens is 2. The number of likely N-dealkylation sites (N-methyl/N-ethyl adjacent to an activating group) is 1. The number of hydrogen-bond donors (Lipinski definition) is 2. The van der Waals surface area contributed by atoms with Crippen molar-refractivity contribution in [2.75, 3.05) is 46.3 Å². The molecule has 0 spiro atoms. The molecule has 0 radical (unpaired) electrons. The van der Waals surface area contributed by atoms with Crippen LogP contribution in [0.15, 0.2) is 30.3 Å². The first kappa shape index (κ1) is 17.6. The third-order valence-electron chi connectivity index (χ3n) is 4.82. The van der Waals surface area contributed by atoms with Crippen molar-refractivity contribution in [2.45, 2.75) is 13.3 Å². The van der Waals surface area contributed by atoms with E-state index in [0.717, 1.165) is 56.0 Å². The van der Waals surface area contributed by atoms with E-state index in [0.29, 0.717) is 12.2 Å². The van der Waals surface area contributed by atoms with Crippen LogP contribution >= 0.6 is 0 Å². The van der Waals surface area contributed by atoms with Gasteiger partial charge in [-0.2, -0.15) is 5.10 Å². The molecular weight excluding hydrogens is 314 g/mol. The van der Waals surface area contributed by atoms with Gasteiger partial charge in [0.2, 0.25) is 0 Å². The van der Waals surface area contributed by atoms with E-state index in [-0.39, 0.29) is 5.91 Å². The molecule has 1 aromatic heterocycles. The molecule has 134 valence electrons. The first-order valence-electron chi connectivity index (χ1n) is 8.94. The predicted molar refractivity (Wildman–Crippen MR) is 99.6 cm³/mol. The van der Waals surface area contributed by atoms with E-state index in [2.05, 4.69) is 32.4 Å². The van der Waals surface area contributed by atoms with Gasteiger partial charge in [-0.15, -0.1) is 0 Å². The normalized spacial score (nSPS) is 16.1. The van der Waals surface area contributed by atoms with Crippen molar-refractivity contribution in [1.82, 2.24) is 25.3 Å². The van der Waals surface area contributed by atoms with Crippen LogP contribution in [0.2, 0.25) is 0 Å². The molecule has 1 fully saturated rings. The van der Waals surface area contributed by atoms with Crippen LogP contribution in [-0.2, 0) is 0 Å². The Morgan fingerprint density at radius 1 is 1.20 bits per heavy atom. The first-order valence-corrected chi connectivity index (χ1v) is 8.94. The highest BCUT2D eigenvalue weighted by Crippen LogP contribution is 2.22. The molecule has 2 heterocycles. The van der Waals surface area contributed by atoms with Gasteiger partial charge in [0.1, 0.15) is 5.69 Å². The van der Waals surface area contributed by atoms with Crippen molar-refractivity contribution in [2.24, 2.45) is 0 Å². The third-order valence-corrected chi connectivity index (χ3v) is 4.82. The summed E-state index contributed by atoms with van der Waals surface area (Å²) in [4.78, 5) is 17.2. The van der Waals surface area contributed by atoms with E-state index < -0.39 is 0 Å². The van der Waals surface area contributed by atoms with Crippen molar-refractivity contribution >= 4 is 5.91 Å². The largest absolute Gasteiger partial charge is 0.351 e. The van der Waals surface area contributed by atoms with Gasteiger partial charge in [-0.1, -0.05) is 30.3 Å². The van der Waals surface area contributed by atoms with Gasteiger partial charge < -0.3 is 15.1 Å². The number of aromatic amines is 1. The highest BCUT2D eigenvalue weighted by Gasteiger charge is 2.17. The van der Waals surface area contributed by atoms with Gasteiger partial charge in [0, 0.05) is 43.9 Å². The fourth-order valence-corrected chi connectivity index (χ4v) is 3.16. The number of nitrogens with one attached hydrogen (secondary N) is 2. The minimum Gasteiger partial charge on any atom is -0.351 e. The zero-order valence-electron chi connectivity index (χ0n) is 15.1. The number of piperazine rings is 1. The topological polar surface area (TPSA) is 64.3 Å². The maximum atomic E-state index is 12.4. The summed E-state index contributed by atoms with van der Waals surface area (Å²) in [5, 5.41) is 10.2. The second-order valence-corrected chi connectivity index (χ2v) is 6.69. The van der Waals surface area contributed by atoms with Gasteiger partial charge >= 0.3 is 0 Å². The summed E-state index contributed by atoms with van der Waals surface area (Å²) in [6.45, 7) is 8.14. The van der Waals surface area contributed by atoms with E-state index in [1.54, 1.807) is 0 Å². The van der Waals surface area contributed by atoms with E-state index in [1.807, 2.05) is 37.3 Å². The van der Waals surface area contributed by atoms with E-state index in [9.17, 15) is 4.79 Å². The molecule has 1 saturated heterocycles. The summed E-state index contributed by atoms with van der Waals surface area (Å²) in [6, 6.07) is 9.92. The summed E-state index contributed by atoms with van der Waals surface area (Å²) < 4.78 is 0. The van der Waals surface area contributed by atoms with Crippen molar-refractivity contribution in [1.29, 1.82) is 0 Å². The Bertz CT molecular complexity index is 689. The van der Waals surface area contributed by atoms with Crippen LogP contribution in [0.4, 0.5) is 0 Å². The number of amides is 1. The molecule has 0 bridgehead atoms. The molecular formula is C19H27N5O. The monoisotopic (exact) mass is 341 g/mol. The van der Waals surface area contributed by atoms with Gasteiger partial charge in [-0.3, -0.25) is 9.89 Å². The number of benzene rings is 1. The molecule has 25 heavy (non-hydrogen) atoms. The van der Waals surface area contributed by atoms with Crippen LogP contribution in [0, 0.1) is 6.92 Å². The fourth-order valence-electron chi connectivity index (χ4n) is 3.16. The van der Waals surface area contributed by atoms with E-state index in [1.165, 1.54) is 0 Å². The standard InChI is InChI=1S/C19H27N5O/c1-15-17(16-7-4-3-5-8-16)21-22-18(15)19(25)20-9-6-10-24-13-11-23(2)12-14-24/h3-5,7-8H,6,9-14H2,1-2H3,(H,20,25)(H,21,22). The van der Waals surface area contributed by atoms with Crippen LogP contribution in [0.1, 0.15) is 22.5 Å². The van der Waals surface area contributed by atoms with Gasteiger partial charge in [0.25, 0.3) is 5.91 Å². The van der Waals surface area contributed by atoms with Gasteiger partial charge in [0.15, 0.2) is 0 Å². The van der Waals surface area contributed by atoms with Crippen molar-refractivity contribution in [3.05, 3.63) is 41.6 Å². The average molecular weight is 341 g/mol. The molecule has 0 unspecified atom stereocenters. The van der Waals surface area contributed by atoms with Crippen molar-refractivity contribution < 1.29 is 4.79 Å². The lowest BCUT2D eigenvalue weighted by molar-refractivity contribution is 0.0944. The van der Waals surface area contributed by atoms with Crippen LogP contribution in [-0.4, -0.2) is 72.2 Å². The molecule has 1 aliphatic heterocycles. The van der Waals surface area contributed by atoms with E-state index in [4.69, 9.17) is 0 Å². The molecule has 3 rings (SSSR count). The second-order valence-electron chi connectivity index (χ2n) is 6.69. The van der Waals surface area contributed by atoms with Crippen LogP contribution in [0.25, 0.3) is 11.3 Å². The zero-order valence-corrected chi connectivity index (χ0v) is 15.1. The summed E-state index contributed by atoms with van der Waals surface area (Å²) in [6.07, 6.45) is 0.966. The quantitative estimate of drug-likeness (QED) is 0.786. The summed E-state index contributed by atoms with van der Waals surface area (Å²) in [5.41, 5.74) is 3.30. The van der Waals surface area contributed by atoms with Crippen molar-refractivity contribution in [3.63, 3.8) is 0 Å². The number of carbonyl (C=O) groups is 1. The number of hydrogen-bond acceptors (Lipinski definition) is 4. The maximum Gasteiger partial charge on any atom is 0.269 e. The lowest BCUT2D eigenvalue weighted by Crippen LogP contribution is -2.45. The van der Waals surface area contributed by atoms with Gasteiger partial charge in [-0.25, -0.2) is 0 Å². The minimum absolute atomic E-state index is 0.0782. The third kappa shape index (κ3) is 4.46. The molecule has 1 aliphatic rings. The Kier molecular flexibility index (Phi) is 5.83. The number of nitrogens with zero attached hydrogens (tertiary/aromatic N) is 3. The highest BCUT2D eigenvalue weighted by atomic mass is 16.1. The smallest absolute Gasteiger partial charge is 0.269 e. The first-order chi connectivity index (χ1) is 12.1. The number of H-pyrrole nitrogens is 1. The molecule has 0 saturated carbocycles. The van der Waals surface area contributed by atoms with E-state index >= 15 is 0 Å². The number of rotatable bonds is 6. The van der Waals surface area contributed by atoms with Crippen LogP contribution in [0.5, 0.6) is 0 Å². The zero-order chi connectivity index (χ0) is 17.6. The van der Waals surface area contributed by atoms with Crippen molar-refractivity contribution in [3.8, 4) is 11.3 Å². The molecule has 2 N–H and O–H groups in total. The Hall–Kier alpha value is -2.18. The minimum atomic E-state index is -0.0782.